The lowest BCUT2D eigenvalue weighted by Crippen LogP contribution is -2.31. The molecule has 3 aromatic rings. The highest BCUT2D eigenvalue weighted by molar-refractivity contribution is 5.99. The van der Waals surface area contributed by atoms with Crippen LogP contribution in [0.5, 0.6) is 11.5 Å². The van der Waals surface area contributed by atoms with E-state index in [2.05, 4.69) is 5.32 Å². The summed E-state index contributed by atoms with van der Waals surface area (Å²) in [5, 5.41) is 8.16. The zero-order valence-corrected chi connectivity index (χ0v) is 16.9. The van der Waals surface area contributed by atoms with Crippen LogP contribution >= 0.6 is 0 Å². The smallest absolute Gasteiger partial charge is 0.226 e. The number of rotatable bonds is 4. The summed E-state index contributed by atoms with van der Waals surface area (Å²) in [5.74, 6) is 2.73. The van der Waals surface area contributed by atoms with Crippen molar-refractivity contribution in [2.45, 2.75) is 25.3 Å². The van der Waals surface area contributed by atoms with Crippen LogP contribution in [0.4, 0.5) is 5.95 Å². The summed E-state index contributed by atoms with van der Waals surface area (Å²) in [6, 6.07) is 15.0. The number of carbonyl (C=O) groups is 1. The molecule has 0 saturated heterocycles. The number of hydrogen-bond acceptors (Lipinski definition) is 6. The molecule has 2 aliphatic rings. The second-order valence-corrected chi connectivity index (χ2v) is 7.37. The van der Waals surface area contributed by atoms with Crippen LogP contribution in [0.2, 0.25) is 0 Å². The lowest BCUT2D eigenvalue weighted by molar-refractivity contribution is -0.116. The predicted octanol–water partition coefficient (Wildman–Crippen LogP) is 3.98. The van der Waals surface area contributed by atoms with E-state index in [0.717, 1.165) is 35.2 Å². The van der Waals surface area contributed by atoms with E-state index >= 15 is 0 Å². The number of nitrogens with zero attached hydrogens (tertiary/aromatic N) is 3. The van der Waals surface area contributed by atoms with Gasteiger partial charge in [0.05, 0.1) is 14.2 Å². The summed E-state index contributed by atoms with van der Waals surface area (Å²) in [5.41, 5.74) is 3.39. The molecule has 1 aromatic heterocycles. The molecule has 5 rings (SSSR count). The van der Waals surface area contributed by atoms with Crippen molar-refractivity contribution < 1.29 is 14.3 Å². The molecule has 0 bridgehead atoms. The minimum absolute atomic E-state index is 0.126. The predicted molar refractivity (Wildman–Crippen MR) is 113 cm³/mol. The Bertz CT molecular complexity index is 1150. The molecule has 1 atom stereocenters. The number of hydrogen-bond donors (Lipinski definition) is 1. The van der Waals surface area contributed by atoms with Crippen LogP contribution in [0.25, 0.3) is 11.4 Å². The molecule has 0 fully saturated rings. The average molecular weight is 402 g/mol. The van der Waals surface area contributed by atoms with Gasteiger partial charge in [-0.15, -0.1) is 5.10 Å². The summed E-state index contributed by atoms with van der Waals surface area (Å²) in [6.07, 6.45) is 2.16. The number of fused-ring (bicyclic) bond motifs is 1. The van der Waals surface area contributed by atoms with Crippen molar-refractivity contribution in [3.05, 3.63) is 65.4 Å². The second kappa shape index (κ2) is 7.33. The molecule has 30 heavy (non-hydrogen) atoms. The standard InChI is InChI=1S/C23H22N4O3/c1-29-15-11-12-19(30-2)16(13-15)21-20-17(9-6-10-18(20)28)24-23-25-22(26-27(21)23)14-7-4-3-5-8-14/h3-5,7-8,11-13,21H,6,9-10H2,1-2H3,(H,24,25,26)/t21-/m1/s1. The number of carbonyl (C=O) groups excluding carboxylic acids is 1. The van der Waals surface area contributed by atoms with Crippen molar-refractivity contribution >= 4 is 11.7 Å². The van der Waals surface area contributed by atoms with Gasteiger partial charge >= 0.3 is 0 Å². The van der Waals surface area contributed by atoms with Gasteiger partial charge in [-0.25, -0.2) is 4.68 Å². The molecular formula is C23H22N4O3. The van der Waals surface area contributed by atoms with Crippen molar-refractivity contribution in [2.75, 3.05) is 19.5 Å². The number of ketones is 1. The van der Waals surface area contributed by atoms with E-state index in [1.807, 2.05) is 48.5 Å². The highest BCUT2D eigenvalue weighted by atomic mass is 16.5. The number of allylic oxidation sites excluding steroid dienone is 2. The summed E-state index contributed by atoms with van der Waals surface area (Å²) in [4.78, 5) is 17.8. The van der Waals surface area contributed by atoms with Crippen molar-refractivity contribution in [3.63, 3.8) is 0 Å². The fourth-order valence-corrected chi connectivity index (χ4v) is 4.21. The molecule has 0 spiro atoms. The van der Waals surface area contributed by atoms with E-state index in [-0.39, 0.29) is 5.78 Å². The maximum Gasteiger partial charge on any atom is 0.226 e. The average Bonchev–Trinajstić information content (AvgIpc) is 3.22. The normalized spacial score (nSPS) is 17.8. The van der Waals surface area contributed by atoms with Crippen molar-refractivity contribution in [1.82, 2.24) is 14.8 Å². The third-order valence-corrected chi connectivity index (χ3v) is 5.63. The Morgan fingerprint density at radius 1 is 1.07 bits per heavy atom. The number of Topliss-reactive ketones (excluding diaryl/α,β-unsaturated/α-hetero) is 1. The Balaban J connectivity index is 1.73. The van der Waals surface area contributed by atoms with Gasteiger partial charge in [0.15, 0.2) is 11.6 Å². The van der Waals surface area contributed by atoms with Crippen LogP contribution in [-0.4, -0.2) is 34.8 Å². The third-order valence-electron chi connectivity index (χ3n) is 5.63. The van der Waals surface area contributed by atoms with E-state index in [1.165, 1.54) is 0 Å². The highest BCUT2D eigenvalue weighted by Gasteiger charge is 2.38. The van der Waals surface area contributed by atoms with Gasteiger partial charge in [-0.1, -0.05) is 30.3 Å². The van der Waals surface area contributed by atoms with E-state index in [9.17, 15) is 4.79 Å². The Hall–Kier alpha value is -3.61. The van der Waals surface area contributed by atoms with Gasteiger partial charge in [0.2, 0.25) is 5.95 Å². The molecular weight excluding hydrogens is 380 g/mol. The Kier molecular flexibility index (Phi) is 4.50. The van der Waals surface area contributed by atoms with Crippen molar-refractivity contribution in [1.29, 1.82) is 0 Å². The van der Waals surface area contributed by atoms with Crippen LogP contribution in [0.15, 0.2) is 59.8 Å². The fraction of sp³-hybridized carbons (Fsp3) is 0.261. The SMILES string of the molecule is COc1ccc(OC)c([C@@H]2C3=C(CCCC3=O)Nc3nc(-c4ccccc4)nn32)c1. The van der Waals surface area contributed by atoms with Gasteiger partial charge in [0, 0.05) is 28.8 Å². The lowest BCUT2D eigenvalue weighted by Gasteiger charge is -2.32. The molecule has 0 radical (unpaired) electrons. The molecule has 7 heteroatoms. The number of aromatic nitrogens is 3. The van der Waals surface area contributed by atoms with Crippen molar-refractivity contribution in [2.24, 2.45) is 0 Å². The van der Waals surface area contributed by atoms with Gasteiger partial charge in [-0.3, -0.25) is 4.79 Å². The summed E-state index contributed by atoms with van der Waals surface area (Å²) >= 11 is 0. The molecule has 0 amide bonds. The van der Waals surface area contributed by atoms with Crippen LogP contribution in [0.1, 0.15) is 30.9 Å². The number of ether oxygens (including phenoxy) is 2. The van der Waals surface area contributed by atoms with Gasteiger partial charge < -0.3 is 14.8 Å². The summed E-state index contributed by atoms with van der Waals surface area (Å²) in [6.45, 7) is 0. The molecule has 1 aliphatic carbocycles. The zero-order valence-electron chi connectivity index (χ0n) is 16.9. The number of anilines is 1. The third kappa shape index (κ3) is 2.94. The van der Waals surface area contributed by atoms with Crippen LogP contribution in [0, 0.1) is 0 Å². The first-order valence-electron chi connectivity index (χ1n) is 9.96. The first-order chi connectivity index (χ1) is 14.7. The van der Waals surface area contributed by atoms with Gasteiger partial charge in [0.25, 0.3) is 0 Å². The van der Waals surface area contributed by atoms with Gasteiger partial charge in [-0.05, 0) is 31.0 Å². The Morgan fingerprint density at radius 2 is 1.90 bits per heavy atom. The molecule has 7 nitrogen and oxygen atoms in total. The zero-order chi connectivity index (χ0) is 20.7. The molecule has 152 valence electrons. The van der Waals surface area contributed by atoms with E-state index < -0.39 is 6.04 Å². The second-order valence-electron chi connectivity index (χ2n) is 7.37. The van der Waals surface area contributed by atoms with Gasteiger partial charge in [-0.2, -0.15) is 4.98 Å². The highest BCUT2D eigenvalue weighted by Crippen LogP contribution is 2.44. The van der Waals surface area contributed by atoms with Gasteiger partial charge in [0.1, 0.15) is 17.5 Å². The van der Waals surface area contributed by atoms with E-state index in [0.29, 0.717) is 29.7 Å². The minimum Gasteiger partial charge on any atom is -0.497 e. The number of nitrogens with one attached hydrogen (secondary N) is 1. The van der Waals surface area contributed by atoms with Crippen LogP contribution in [-0.2, 0) is 4.79 Å². The van der Waals surface area contributed by atoms with Crippen molar-refractivity contribution in [3.8, 4) is 22.9 Å². The lowest BCUT2D eigenvalue weighted by atomic mass is 9.85. The van der Waals surface area contributed by atoms with Crippen LogP contribution in [0.3, 0.4) is 0 Å². The summed E-state index contributed by atoms with van der Waals surface area (Å²) in [7, 11) is 3.25. The molecule has 1 aliphatic heterocycles. The molecule has 0 unspecified atom stereocenters. The summed E-state index contributed by atoms with van der Waals surface area (Å²) < 4.78 is 12.9. The number of benzene rings is 2. The largest absolute Gasteiger partial charge is 0.497 e. The van der Waals surface area contributed by atoms with E-state index in [1.54, 1.807) is 18.9 Å². The monoisotopic (exact) mass is 402 g/mol. The Morgan fingerprint density at radius 3 is 2.67 bits per heavy atom. The molecule has 2 aromatic carbocycles. The Labute approximate surface area is 174 Å². The maximum atomic E-state index is 13.0. The van der Waals surface area contributed by atoms with Crippen LogP contribution < -0.4 is 14.8 Å². The first kappa shape index (κ1) is 18.4. The number of methoxy groups -OCH3 is 2. The molecule has 1 N–H and O–H groups in total. The topological polar surface area (TPSA) is 78.3 Å². The van der Waals surface area contributed by atoms with E-state index in [4.69, 9.17) is 19.6 Å². The maximum absolute atomic E-state index is 13.0. The molecule has 2 heterocycles. The fourth-order valence-electron chi connectivity index (χ4n) is 4.21. The first-order valence-corrected chi connectivity index (χ1v) is 9.96. The quantitative estimate of drug-likeness (QED) is 0.711. The minimum atomic E-state index is -0.431. The molecule has 0 saturated carbocycles.